The number of esters is 1. The lowest BCUT2D eigenvalue weighted by Gasteiger charge is -2.03. The molecule has 0 aromatic rings. The summed E-state index contributed by atoms with van der Waals surface area (Å²) in [6.07, 6.45) is 13.0. The second kappa shape index (κ2) is 19.4. The van der Waals surface area contributed by atoms with Crippen molar-refractivity contribution in [2.45, 2.75) is 104 Å². The number of hydrogen-bond donors (Lipinski definition) is 1. The monoisotopic (exact) mass is 302 g/mol. The van der Waals surface area contributed by atoms with Crippen LogP contribution >= 0.6 is 0 Å². The van der Waals surface area contributed by atoms with E-state index < -0.39 is 0 Å². The van der Waals surface area contributed by atoms with Gasteiger partial charge in [-0.25, -0.2) is 0 Å². The van der Waals surface area contributed by atoms with Crippen LogP contribution in [0.15, 0.2) is 0 Å². The molecule has 0 heterocycles. The number of carbonyl (C=O) groups excluding carboxylic acids is 1. The molecule has 0 bridgehead atoms. The molecule has 0 saturated carbocycles. The van der Waals surface area contributed by atoms with Crippen LogP contribution in [-0.4, -0.2) is 23.8 Å². The number of carbonyl (C=O) groups is 1. The van der Waals surface area contributed by atoms with Gasteiger partial charge in [0.2, 0.25) is 0 Å². The Hall–Kier alpha value is -0.570. The van der Waals surface area contributed by atoms with Crippen molar-refractivity contribution >= 4 is 5.97 Å². The molecule has 0 aliphatic rings. The van der Waals surface area contributed by atoms with Crippen molar-refractivity contribution in [2.75, 3.05) is 6.61 Å². The van der Waals surface area contributed by atoms with Gasteiger partial charge in [0, 0.05) is 12.5 Å². The Morgan fingerprint density at radius 3 is 1.71 bits per heavy atom. The number of rotatable bonds is 12. The van der Waals surface area contributed by atoms with E-state index in [-0.39, 0.29) is 12.1 Å². The molecule has 0 spiro atoms. The van der Waals surface area contributed by atoms with Crippen molar-refractivity contribution in [3.8, 4) is 0 Å². The van der Waals surface area contributed by atoms with Gasteiger partial charge in [0.25, 0.3) is 0 Å². The first-order valence-corrected chi connectivity index (χ1v) is 8.88. The lowest BCUT2D eigenvalue weighted by molar-refractivity contribution is -0.143. The van der Waals surface area contributed by atoms with Crippen LogP contribution < -0.4 is 0 Å². The van der Waals surface area contributed by atoms with Gasteiger partial charge in [0.15, 0.2) is 0 Å². The number of unbranched alkanes of at least 4 members (excludes halogenated alkanes) is 8. The fourth-order valence-electron chi connectivity index (χ4n) is 1.87. The summed E-state index contributed by atoms with van der Waals surface area (Å²) in [5.74, 6) is -0.0187. The zero-order valence-corrected chi connectivity index (χ0v) is 14.8. The molecule has 0 saturated heterocycles. The standard InChI is InChI=1S/C15H30O2.C3H8O/c1-3-5-6-7-8-9-10-11-12-13-15(16)17-14-4-2;1-3(2)4/h3-14H2,1-2H3;3-4H,1-2H3. The van der Waals surface area contributed by atoms with Crippen LogP contribution in [0.25, 0.3) is 0 Å². The number of aliphatic hydroxyl groups is 1. The molecule has 0 aliphatic heterocycles. The van der Waals surface area contributed by atoms with E-state index >= 15 is 0 Å². The quantitative estimate of drug-likeness (QED) is 0.396. The summed E-state index contributed by atoms with van der Waals surface area (Å²) >= 11 is 0. The normalized spacial score (nSPS) is 10.2. The van der Waals surface area contributed by atoms with E-state index in [0.29, 0.717) is 13.0 Å². The maximum absolute atomic E-state index is 11.2. The minimum Gasteiger partial charge on any atom is -0.466 e. The molecular formula is C18H38O3. The second-order valence-corrected chi connectivity index (χ2v) is 5.89. The first-order valence-electron chi connectivity index (χ1n) is 8.88. The molecule has 0 aliphatic carbocycles. The first kappa shape index (κ1) is 22.7. The lowest BCUT2D eigenvalue weighted by Crippen LogP contribution is -2.04. The van der Waals surface area contributed by atoms with Crippen LogP contribution in [0.5, 0.6) is 0 Å². The molecule has 0 unspecified atom stereocenters. The SMILES string of the molecule is CC(C)O.CCCCCCCCCCCC(=O)OCCC. The summed E-state index contributed by atoms with van der Waals surface area (Å²) < 4.78 is 5.02. The highest BCUT2D eigenvalue weighted by Gasteiger charge is 2.01. The minimum absolute atomic E-state index is 0.0187. The number of ether oxygens (including phenoxy) is 1. The van der Waals surface area contributed by atoms with Crippen molar-refractivity contribution < 1.29 is 14.6 Å². The summed E-state index contributed by atoms with van der Waals surface area (Å²) in [7, 11) is 0. The minimum atomic E-state index is -0.167. The molecule has 0 radical (unpaired) electrons. The zero-order chi connectivity index (χ0) is 16.3. The van der Waals surface area contributed by atoms with Crippen LogP contribution in [-0.2, 0) is 9.53 Å². The van der Waals surface area contributed by atoms with Crippen LogP contribution in [0.1, 0.15) is 98.3 Å². The summed E-state index contributed by atoms with van der Waals surface area (Å²) in [6, 6.07) is 0. The third-order valence-corrected chi connectivity index (χ3v) is 2.95. The fraction of sp³-hybridized carbons (Fsp3) is 0.944. The van der Waals surface area contributed by atoms with E-state index in [1.165, 1.54) is 51.4 Å². The molecule has 0 aromatic heterocycles. The fourth-order valence-corrected chi connectivity index (χ4v) is 1.87. The van der Waals surface area contributed by atoms with Crippen molar-refractivity contribution in [1.29, 1.82) is 0 Å². The predicted octanol–water partition coefficient (Wildman–Crippen LogP) is 5.25. The molecule has 0 fully saturated rings. The molecule has 1 N–H and O–H groups in total. The highest BCUT2D eigenvalue weighted by Crippen LogP contribution is 2.10. The van der Waals surface area contributed by atoms with Crippen molar-refractivity contribution in [3.05, 3.63) is 0 Å². The first-order chi connectivity index (χ1) is 10.0. The van der Waals surface area contributed by atoms with Crippen molar-refractivity contribution in [2.24, 2.45) is 0 Å². The van der Waals surface area contributed by atoms with Gasteiger partial charge >= 0.3 is 5.97 Å². The summed E-state index contributed by atoms with van der Waals surface area (Å²) in [5, 5.41) is 8.06. The van der Waals surface area contributed by atoms with Gasteiger partial charge in [-0.2, -0.15) is 0 Å². The highest BCUT2D eigenvalue weighted by atomic mass is 16.5. The topological polar surface area (TPSA) is 46.5 Å². The summed E-state index contributed by atoms with van der Waals surface area (Å²) in [6.45, 7) is 8.29. The van der Waals surface area contributed by atoms with E-state index in [0.717, 1.165) is 12.8 Å². The van der Waals surface area contributed by atoms with Crippen LogP contribution in [0.2, 0.25) is 0 Å². The Bertz CT molecular complexity index is 200. The van der Waals surface area contributed by atoms with Gasteiger partial charge in [-0.15, -0.1) is 0 Å². The van der Waals surface area contributed by atoms with Crippen LogP contribution in [0.3, 0.4) is 0 Å². The number of aliphatic hydroxyl groups excluding tert-OH is 1. The summed E-state index contributed by atoms with van der Waals surface area (Å²) in [5.41, 5.74) is 0. The van der Waals surface area contributed by atoms with E-state index in [4.69, 9.17) is 9.84 Å². The van der Waals surface area contributed by atoms with E-state index in [1.54, 1.807) is 13.8 Å². The van der Waals surface area contributed by atoms with Crippen molar-refractivity contribution in [3.63, 3.8) is 0 Å². The maximum Gasteiger partial charge on any atom is 0.305 e. The Balaban J connectivity index is 0. The molecular weight excluding hydrogens is 264 g/mol. The Labute approximate surface area is 132 Å². The van der Waals surface area contributed by atoms with Gasteiger partial charge < -0.3 is 9.84 Å². The molecule has 3 heteroatoms. The predicted molar refractivity (Wildman–Crippen MR) is 90.4 cm³/mol. The lowest BCUT2D eigenvalue weighted by atomic mass is 10.1. The molecule has 128 valence electrons. The molecule has 0 amide bonds. The Morgan fingerprint density at radius 1 is 0.857 bits per heavy atom. The average Bonchev–Trinajstić information content (AvgIpc) is 2.42. The van der Waals surface area contributed by atoms with Crippen molar-refractivity contribution in [1.82, 2.24) is 0 Å². The maximum atomic E-state index is 11.2. The second-order valence-electron chi connectivity index (χ2n) is 5.89. The van der Waals surface area contributed by atoms with Gasteiger partial charge in [0.05, 0.1) is 6.61 Å². The molecule has 0 rings (SSSR count). The smallest absolute Gasteiger partial charge is 0.305 e. The largest absolute Gasteiger partial charge is 0.466 e. The molecule has 0 atom stereocenters. The molecule has 21 heavy (non-hydrogen) atoms. The highest BCUT2D eigenvalue weighted by molar-refractivity contribution is 5.69. The third kappa shape index (κ3) is 28.3. The van der Waals surface area contributed by atoms with Crippen LogP contribution in [0, 0.1) is 0 Å². The van der Waals surface area contributed by atoms with Gasteiger partial charge in [-0.1, -0.05) is 65.2 Å². The van der Waals surface area contributed by atoms with Gasteiger partial charge in [0.1, 0.15) is 0 Å². The van der Waals surface area contributed by atoms with E-state index in [2.05, 4.69) is 6.92 Å². The third-order valence-electron chi connectivity index (χ3n) is 2.95. The number of hydrogen-bond acceptors (Lipinski definition) is 3. The molecule has 3 nitrogen and oxygen atoms in total. The van der Waals surface area contributed by atoms with E-state index in [1.807, 2.05) is 6.92 Å². The Morgan fingerprint density at radius 2 is 1.29 bits per heavy atom. The van der Waals surface area contributed by atoms with E-state index in [9.17, 15) is 4.79 Å². The summed E-state index contributed by atoms with van der Waals surface area (Å²) in [4.78, 5) is 11.2. The van der Waals surface area contributed by atoms with Crippen LogP contribution in [0.4, 0.5) is 0 Å². The van der Waals surface area contributed by atoms with Gasteiger partial charge in [-0.05, 0) is 26.7 Å². The average molecular weight is 302 g/mol. The zero-order valence-electron chi connectivity index (χ0n) is 14.8. The molecule has 0 aromatic carbocycles. The van der Waals surface area contributed by atoms with Gasteiger partial charge in [-0.3, -0.25) is 4.79 Å². The Kier molecular flexibility index (Phi) is 21.0.